The van der Waals surface area contributed by atoms with E-state index in [9.17, 15) is 5.26 Å². The molecule has 0 saturated carbocycles. The normalized spacial score (nSPS) is 27.9. The third-order valence-corrected chi connectivity index (χ3v) is 6.06. The highest BCUT2D eigenvalue weighted by Crippen LogP contribution is 2.51. The Morgan fingerprint density at radius 3 is 2.83 bits per heavy atom. The zero-order chi connectivity index (χ0) is 20.8. The fourth-order valence-electron chi connectivity index (χ4n) is 4.61. The molecule has 2 N–H and O–H groups in total. The molecule has 2 atom stereocenters. The molecule has 0 amide bonds. The van der Waals surface area contributed by atoms with Crippen LogP contribution in [0.1, 0.15) is 36.8 Å². The van der Waals surface area contributed by atoms with Crippen molar-refractivity contribution < 1.29 is 14.3 Å². The number of benzene rings is 2. The number of guanidine groups is 1. The molecular weight excluding hydrogens is 380 g/mol. The number of hydrogen-bond acceptors (Lipinski definition) is 7. The zero-order valence-electron chi connectivity index (χ0n) is 16.9. The van der Waals surface area contributed by atoms with Gasteiger partial charge in [0, 0.05) is 20.1 Å². The number of hydroxylamine groups is 2. The molecule has 1 fully saturated rings. The summed E-state index contributed by atoms with van der Waals surface area (Å²) in [5.41, 5.74) is 8.04. The first kappa shape index (κ1) is 18.9. The Morgan fingerprint density at radius 1 is 1.17 bits per heavy atom. The Balaban J connectivity index is 1.63. The van der Waals surface area contributed by atoms with Crippen molar-refractivity contribution in [3.63, 3.8) is 0 Å². The molecule has 7 heteroatoms. The molecular formula is C23H24N4O3. The highest BCUT2D eigenvalue weighted by atomic mass is 16.7. The molecule has 0 bridgehead atoms. The first-order chi connectivity index (χ1) is 14.5. The molecule has 2 unspecified atom stereocenters. The predicted octanol–water partition coefficient (Wildman–Crippen LogP) is 3.29. The number of hydrogen-bond donors (Lipinski definition) is 1. The van der Waals surface area contributed by atoms with Crippen molar-refractivity contribution in [1.29, 1.82) is 5.26 Å². The summed E-state index contributed by atoms with van der Waals surface area (Å²) in [6.07, 6.45) is 3.45. The smallest absolute Gasteiger partial charge is 0.222 e. The Hall–Kier alpha value is -3.08. The van der Waals surface area contributed by atoms with Crippen molar-refractivity contribution in [2.75, 3.05) is 20.3 Å². The van der Waals surface area contributed by atoms with Crippen LogP contribution in [-0.2, 0) is 15.3 Å². The van der Waals surface area contributed by atoms with Gasteiger partial charge in [-0.2, -0.15) is 5.26 Å². The van der Waals surface area contributed by atoms with Gasteiger partial charge in [0.1, 0.15) is 11.4 Å². The van der Waals surface area contributed by atoms with Crippen LogP contribution in [0.3, 0.4) is 0 Å². The van der Waals surface area contributed by atoms with Crippen LogP contribution in [0.4, 0.5) is 0 Å². The van der Waals surface area contributed by atoms with Crippen molar-refractivity contribution in [3.05, 3.63) is 53.6 Å². The lowest BCUT2D eigenvalue weighted by molar-refractivity contribution is -0.209. The second kappa shape index (κ2) is 7.01. The van der Waals surface area contributed by atoms with Crippen LogP contribution in [0.5, 0.6) is 5.75 Å². The van der Waals surface area contributed by atoms with E-state index in [1.54, 1.807) is 13.1 Å². The summed E-state index contributed by atoms with van der Waals surface area (Å²) in [5, 5.41) is 10.8. The molecule has 2 aromatic rings. The van der Waals surface area contributed by atoms with Crippen molar-refractivity contribution in [2.24, 2.45) is 10.7 Å². The average Bonchev–Trinajstić information content (AvgIpc) is 2.90. The second-order valence-corrected chi connectivity index (χ2v) is 8.22. The molecule has 0 aromatic heterocycles. The largest absolute Gasteiger partial charge is 0.484 e. The molecule has 0 aliphatic carbocycles. The topological polar surface area (TPSA) is 93.1 Å². The van der Waals surface area contributed by atoms with Crippen molar-refractivity contribution >= 4 is 5.96 Å². The molecule has 30 heavy (non-hydrogen) atoms. The first-order valence-electron chi connectivity index (χ1n) is 10.2. The standard InChI is InChI=1S/C23H24N4O3/c1-27-21(25)26-23(30-27)14-22(9-2-3-10-28-15-22)29-20-8-7-18(12-19(20)23)17-6-4-5-16(11-17)13-24/h4-8,11-12H,2-3,9-10,14-15H2,1H3,(H2,25,26). The number of rotatable bonds is 1. The second-order valence-electron chi connectivity index (χ2n) is 8.22. The summed E-state index contributed by atoms with van der Waals surface area (Å²) in [6.45, 7) is 1.24. The van der Waals surface area contributed by atoms with Gasteiger partial charge in [0.15, 0.2) is 0 Å². The summed E-state index contributed by atoms with van der Waals surface area (Å²) < 4.78 is 12.4. The maximum absolute atomic E-state index is 9.25. The number of nitrogens with zero attached hydrogens (tertiary/aromatic N) is 3. The van der Waals surface area contributed by atoms with Crippen LogP contribution >= 0.6 is 0 Å². The monoisotopic (exact) mass is 404 g/mol. The maximum atomic E-state index is 9.25. The van der Waals surface area contributed by atoms with Gasteiger partial charge in [-0.15, -0.1) is 0 Å². The molecule has 3 aliphatic heterocycles. The highest BCUT2D eigenvalue weighted by Gasteiger charge is 2.54. The molecule has 3 aliphatic rings. The lowest BCUT2D eigenvalue weighted by atomic mass is 9.81. The van der Waals surface area contributed by atoms with Crippen LogP contribution in [-0.4, -0.2) is 36.9 Å². The van der Waals surface area contributed by atoms with E-state index in [1.807, 2.05) is 36.4 Å². The first-order valence-corrected chi connectivity index (χ1v) is 10.2. The molecule has 1 saturated heterocycles. The fourth-order valence-corrected chi connectivity index (χ4v) is 4.61. The van der Waals surface area contributed by atoms with Crippen LogP contribution in [0, 0.1) is 11.3 Å². The van der Waals surface area contributed by atoms with Gasteiger partial charge in [0.05, 0.1) is 23.8 Å². The van der Waals surface area contributed by atoms with E-state index in [2.05, 4.69) is 6.07 Å². The van der Waals surface area contributed by atoms with Gasteiger partial charge < -0.3 is 15.2 Å². The van der Waals surface area contributed by atoms with E-state index in [-0.39, 0.29) is 0 Å². The summed E-state index contributed by atoms with van der Waals surface area (Å²) >= 11 is 0. The SMILES string of the molecule is CN1OC2(CC3(CCCCOC3)Oc3ccc(-c4cccc(C#N)c4)cc32)N=C1N. The third-order valence-electron chi connectivity index (χ3n) is 6.06. The molecule has 2 aromatic carbocycles. The Bertz CT molecular complexity index is 1050. The quantitative estimate of drug-likeness (QED) is 0.784. The minimum absolute atomic E-state index is 0.337. The van der Waals surface area contributed by atoms with Crippen LogP contribution in [0.2, 0.25) is 0 Å². The number of ether oxygens (including phenoxy) is 2. The van der Waals surface area contributed by atoms with Crippen LogP contribution in [0.15, 0.2) is 47.5 Å². The minimum Gasteiger partial charge on any atom is -0.484 e. The van der Waals surface area contributed by atoms with Gasteiger partial charge in [0.25, 0.3) is 0 Å². The number of fused-ring (bicyclic) bond motifs is 2. The highest BCUT2D eigenvalue weighted by molar-refractivity contribution is 5.79. The van der Waals surface area contributed by atoms with E-state index in [1.165, 1.54) is 5.06 Å². The van der Waals surface area contributed by atoms with Crippen molar-refractivity contribution in [3.8, 4) is 22.9 Å². The summed E-state index contributed by atoms with van der Waals surface area (Å²) in [5.74, 6) is 1.07. The van der Waals surface area contributed by atoms with E-state index >= 15 is 0 Å². The minimum atomic E-state index is -0.955. The summed E-state index contributed by atoms with van der Waals surface area (Å²) in [7, 11) is 1.76. The van der Waals surface area contributed by atoms with E-state index in [0.717, 1.165) is 48.3 Å². The summed E-state index contributed by atoms with van der Waals surface area (Å²) in [4.78, 5) is 11.0. The van der Waals surface area contributed by atoms with Crippen molar-refractivity contribution in [2.45, 2.75) is 37.0 Å². The van der Waals surface area contributed by atoms with Crippen molar-refractivity contribution in [1.82, 2.24) is 5.06 Å². The molecule has 154 valence electrons. The summed E-state index contributed by atoms with van der Waals surface area (Å²) in [6, 6.07) is 15.7. The lowest BCUT2D eigenvalue weighted by Gasteiger charge is -2.44. The van der Waals surface area contributed by atoms with Gasteiger partial charge in [-0.3, -0.25) is 0 Å². The molecule has 7 nitrogen and oxygen atoms in total. The van der Waals surface area contributed by atoms with E-state index in [0.29, 0.717) is 24.6 Å². The lowest BCUT2D eigenvalue weighted by Crippen LogP contribution is -2.50. The van der Waals surface area contributed by atoms with Crippen LogP contribution in [0.25, 0.3) is 11.1 Å². The fraction of sp³-hybridized carbons (Fsp3) is 0.391. The van der Waals surface area contributed by atoms with E-state index < -0.39 is 11.3 Å². The van der Waals surface area contributed by atoms with Gasteiger partial charge in [-0.05, 0) is 54.7 Å². The number of aliphatic imine (C=N–C) groups is 1. The molecule has 3 heterocycles. The van der Waals surface area contributed by atoms with Gasteiger partial charge >= 0.3 is 0 Å². The average molecular weight is 404 g/mol. The predicted molar refractivity (Wildman–Crippen MR) is 111 cm³/mol. The van der Waals surface area contributed by atoms with E-state index in [4.69, 9.17) is 25.0 Å². The van der Waals surface area contributed by atoms with Gasteiger partial charge in [-0.25, -0.2) is 14.9 Å². The third kappa shape index (κ3) is 3.09. The molecule has 5 rings (SSSR count). The number of nitriles is 1. The number of nitrogens with two attached hydrogens (primary N) is 1. The van der Waals surface area contributed by atoms with Gasteiger partial charge in [0.2, 0.25) is 11.7 Å². The Labute approximate surface area is 175 Å². The zero-order valence-corrected chi connectivity index (χ0v) is 16.9. The Kier molecular flexibility index (Phi) is 4.42. The Morgan fingerprint density at radius 2 is 2.03 bits per heavy atom. The van der Waals surface area contributed by atoms with Crippen LogP contribution < -0.4 is 10.5 Å². The molecule has 0 radical (unpaired) electrons. The maximum Gasteiger partial charge on any atom is 0.222 e. The van der Waals surface area contributed by atoms with Gasteiger partial charge in [-0.1, -0.05) is 18.2 Å². The molecule has 2 spiro atoms.